The van der Waals surface area contributed by atoms with E-state index in [0.717, 1.165) is 17.3 Å². The van der Waals surface area contributed by atoms with Crippen LogP contribution in [0.2, 0.25) is 0 Å². The predicted octanol–water partition coefficient (Wildman–Crippen LogP) is 5.28. The van der Waals surface area contributed by atoms with Gasteiger partial charge in [0.25, 0.3) is 0 Å². The minimum atomic E-state index is -4.40. The minimum absolute atomic E-state index is 0.642. The second-order valence-corrected chi connectivity index (χ2v) is 4.62. The monoisotopic (exact) mass is 296 g/mol. The average Bonchev–Trinajstić information content (AvgIpc) is 2.47. The number of rotatable bonds is 2. The van der Waals surface area contributed by atoms with Crippen molar-refractivity contribution in [3.05, 3.63) is 48.0 Å². The summed E-state index contributed by atoms with van der Waals surface area (Å²) < 4.78 is 36.9. The summed E-state index contributed by atoms with van der Waals surface area (Å²) >= 11 is 0. The van der Waals surface area contributed by atoms with E-state index in [1.54, 1.807) is 18.3 Å². The second-order valence-electron chi connectivity index (χ2n) is 4.62. The number of aryl methyl sites for hydroxylation is 1. The number of hydrogen-bond acceptors (Lipinski definition) is 2. The Hall–Kier alpha value is -1.91. The van der Waals surface area contributed by atoms with Crippen molar-refractivity contribution >= 4 is 0 Å². The molecule has 0 aliphatic rings. The third-order valence-electron chi connectivity index (χ3n) is 2.78. The van der Waals surface area contributed by atoms with E-state index in [1.165, 1.54) is 25.1 Å². The number of nitrogens with zero attached hydrogens (tertiary/aromatic N) is 2. The molecule has 0 radical (unpaired) electrons. The van der Waals surface area contributed by atoms with E-state index in [1.807, 2.05) is 6.92 Å². The Kier molecular flexibility index (Phi) is 6.34. The van der Waals surface area contributed by atoms with Crippen LogP contribution in [-0.4, -0.2) is 9.97 Å². The van der Waals surface area contributed by atoms with Gasteiger partial charge in [-0.1, -0.05) is 32.8 Å². The molecule has 2 aromatic heterocycles. The molecular weight excluding hydrogens is 277 g/mol. The van der Waals surface area contributed by atoms with Gasteiger partial charge in [0.05, 0.1) is 0 Å². The number of unbranched alkanes of at least 4 members (excludes halogenated alkanes) is 1. The molecule has 0 saturated heterocycles. The molecular formula is C16H19F3N2. The topological polar surface area (TPSA) is 25.8 Å². The first-order valence-electron chi connectivity index (χ1n) is 6.84. The zero-order valence-corrected chi connectivity index (χ0v) is 12.4. The first-order valence-corrected chi connectivity index (χ1v) is 6.84. The smallest absolute Gasteiger partial charge is 0.262 e. The largest absolute Gasteiger partial charge is 0.433 e. The number of hydrogen-bond donors (Lipinski definition) is 0. The van der Waals surface area contributed by atoms with Crippen molar-refractivity contribution in [3.8, 4) is 11.1 Å². The van der Waals surface area contributed by atoms with Gasteiger partial charge in [0.15, 0.2) is 0 Å². The fraction of sp³-hybridized carbons (Fsp3) is 0.375. The molecule has 0 amide bonds. The van der Waals surface area contributed by atoms with E-state index >= 15 is 0 Å². The van der Waals surface area contributed by atoms with Crippen LogP contribution in [0, 0.1) is 6.92 Å². The maximum Gasteiger partial charge on any atom is 0.433 e. The molecule has 0 N–H and O–H groups in total. The highest BCUT2D eigenvalue weighted by atomic mass is 19.4. The number of halogens is 3. The molecule has 0 aliphatic carbocycles. The molecule has 2 heterocycles. The third-order valence-corrected chi connectivity index (χ3v) is 2.78. The molecule has 5 heteroatoms. The SMILES string of the molecule is CCCC.Cc1cc(-c2ccc(C(F)(F)F)nc2)ccn1. The lowest BCUT2D eigenvalue weighted by atomic mass is 10.1. The highest BCUT2D eigenvalue weighted by Crippen LogP contribution is 2.28. The quantitative estimate of drug-likeness (QED) is 0.753. The van der Waals surface area contributed by atoms with Crippen molar-refractivity contribution in [2.75, 3.05) is 0 Å². The Morgan fingerprint density at radius 1 is 0.952 bits per heavy atom. The molecule has 0 bridgehead atoms. The molecule has 0 fully saturated rings. The van der Waals surface area contributed by atoms with Crippen LogP contribution in [0.15, 0.2) is 36.7 Å². The maximum atomic E-state index is 12.3. The number of aromatic nitrogens is 2. The highest BCUT2D eigenvalue weighted by Gasteiger charge is 2.31. The van der Waals surface area contributed by atoms with Crippen molar-refractivity contribution in [1.82, 2.24) is 9.97 Å². The van der Waals surface area contributed by atoms with E-state index < -0.39 is 11.9 Å². The first kappa shape index (κ1) is 17.1. The van der Waals surface area contributed by atoms with E-state index in [2.05, 4.69) is 23.8 Å². The lowest BCUT2D eigenvalue weighted by Gasteiger charge is -2.06. The molecule has 114 valence electrons. The van der Waals surface area contributed by atoms with Gasteiger partial charge in [-0.2, -0.15) is 13.2 Å². The van der Waals surface area contributed by atoms with Gasteiger partial charge < -0.3 is 0 Å². The predicted molar refractivity (Wildman–Crippen MR) is 77.8 cm³/mol. The Morgan fingerprint density at radius 3 is 2.05 bits per heavy atom. The highest BCUT2D eigenvalue weighted by molar-refractivity contribution is 5.62. The average molecular weight is 296 g/mol. The zero-order valence-electron chi connectivity index (χ0n) is 12.4. The maximum absolute atomic E-state index is 12.3. The molecule has 0 aromatic carbocycles. The molecule has 0 aliphatic heterocycles. The van der Waals surface area contributed by atoms with E-state index in [-0.39, 0.29) is 0 Å². The van der Waals surface area contributed by atoms with Crippen molar-refractivity contribution in [3.63, 3.8) is 0 Å². The number of alkyl halides is 3. The molecule has 2 nitrogen and oxygen atoms in total. The zero-order chi connectivity index (χ0) is 15.9. The fourth-order valence-corrected chi connectivity index (χ4v) is 1.46. The third kappa shape index (κ3) is 5.53. The van der Waals surface area contributed by atoms with Crippen LogP contribution in [0.1, 0.15) is 38.1 Å². The van der Waals surface area contributed by atoms with Crippen LogP contribution in [0.5, 0.6) is 0 Å². The molecule has 0 saturated carbocycles. The Labute approximate surface area is 123 Å². The summed E-state index contributed by atoms with van der Waals surface area (Å²) in [5.41, 5.74) is 1.37. The minimum Gasteiger partial charge on any atom is -0.262 e. The van der Waals surface area contributed by atoms with Gasteiger partial charge in [-0.05, 0) is 30.7 Å². The van der Waals surface area contributed by atoms with E-state index in [4.69, 9.17) is 0 Å². The van der Waals surface area contributed by atoms with Crippen LogP contribution in [-0.2, 0) is 6.18 Å². The van der Waals surface area contributed by atoms with Crippen molar-refractivity contribution in [2.45, 2.75) is 39.8 Å². The summed E-state index contributed by atoms with van der Waals surface area (Å²) in [7, 11) is 0. The van der Waals surface area contributed by atoms with Gasteiger partial charge in [-0.25, -0.2) is 0 Å². The molecule has 0 atom stereocenters. The molecule has 2 aromatic rings. The molecule has 0 unspecified atom stereocenters. The van der Waals surface area contributed by atoms with Crippen LogP contribution < -0.4 is 0 Å². The van der Waals surface area contributed by atoms with Gasteiger partial charge in [0, 0.05) is 23.7 Å². The van der Waals surface area contributed by atoms with E-state index in [9.17, 15) is 13.2 Å². The summed E-state index contributed by atoms with van der Waals surface area (Å²) in [4.78, 5) is 7.43. The number of pyridine rings is 2. The fourth-order valence-electron chi connectivity index (χ4n) is 1.46. The second kappa shape index (κ2) is 7.76. The molecule has 0 spiro atoms. The summed E-state index contributed by atoms with van der Waals surface area (Å²) in [5.74, 6) is 0. The Balaban J connectivity index is 0.000000491. The molecule has 21 heavy (non-hydrogen) atoms. The summed E-state index contributed by atoms with van der Waals surface area (Å²) in [6.07, 6.45) is 1.08. The van der Waals surface area contributed by atoms with Gasteiger partial charge in [-0.15, -0.1) is 0 Å². The van der Waals surface area contributed by atoms with Crippen LogP contribution in [0.25, 0.3) is 11.1 Å². The standard InChI is InChI=1S/C12H9F3N2.C4H10/c1-8-6-9(4-5-16-8)10-2-3-11(17-7-10)12(13,14)15;1-3-4-2/h2-7H,1H3;3-4H2,1-2H3. The lowest BCUT2D eigenvalue weighted by Crippen LogP contribution is -2.07. The summed E-state index contributed by atoms with van der Waals surface area (Å²) in [6, 6.07) is 5.91. The van der Waals surface area contributed by atoms with Crippen LogP contribution in [0.4, 0.5) is 13.2 Å². The first-order chi connectivity index (χ1) is 9.88. The Morgan fingerprint density at radius 2 is 1.62 bits per heavy atom. The molecule has 2 rings (SSSR count). The summed E-state index contributed by atoms with van der Waals surface area (Å²) in [5, 5.41) is 0. The van der Waals surface area contributed by atoms with Gasteiger partial charge in [0.2, 0.25) is 0 Å². The van der Waals surface area contributed by atoms with Gasteiger partial charge >= 0.3 is 6.18 Å². The lowest BCUT2D eigenvalue weighted by molar-refractivity contribution is -0.141. The van der Waals surface area contributed by atoms with Crippen LogP contribution in [0.3, 0.4) is 0 Å². The van der Waals surface area contributed by atoms with Gasteiger partial charge in [-0.3, -0.25) is 9.97 Å². The van der Waals surface area contributed by atoms with Crippen molar-refractivity contribution in [1.29, 1.82) is 0 Å². The van der Waals surface area contributed by atoms with Crippen LogP contribution >= 0.6 is 0 Å². The Bertz CT molecular complexity index is 546. The van der Waals surface area contributed by atoms with Crippen molar-refractivity contribution in [2.24, 2.45) is 0 Å². The summed E-state index contributed by atoms with van der Waals surface area (Å²) in [6.45, 7) is 6.18. The van der Waals surface area contributed by atoms with Gasteiger partial charge in [0.1, 0.15) is 5.69 Å². The van der Waals surface area contributed by atoms with Crippen molar-refractivity contribution < 1.29 is 13.2 Å². The van der Waals surface area contributed by atoms with E-state index in [0.29, 0.717) is 5.56 Å². The normalized spacial score (nSPS) is 10.8.